The molecule has 1 atom stereocenters. The van der Waals surface area contributed by atoms with Gasteiger partial charge in [-0.2, -0.15) is 0 Å². The van der Waals surface area contributed by atoms with Gasteiger partial charge in [0.05, 0.1) is 0 Å². The zero-order valence-electron chi connectivity index (χ0n) is 7.38. The van der Waals surface area contributed by atoms with Crippen molar-refractivity contribution in [2.75, 3.05) is 12.3 Å². The maximum absolute atomic E-state index is 10.4. The van der Waals surface area contributed by atoms with Crippen LogP contribution in [0.5, 0.6) is 5.75 Å². The fourth-order valence-corrected chi connectivity index (χ4v) is 0.776. The largest absolute Gasteiger partial charge is 0.487 e. The highest BCUT2D eigenvalue weighted by Gasteiger charge is 2.12. The van der Waals surface area contributed by atoms with Gasteiger partial charge < -0.3 is 21.3 Å². The second-order valence-corrected chi connectivity index (χ2v) is 2.64. The number of rotatable bonds is 4. The second-order valence-electron chi connectivity index (χ2n) is 2.64. The SMILES string of the molecule is Nc1ncccc1OC[C@H](N)C(=O)O. The minimum absolute atomic E-state index is 0.134. The van der Waals surface area contributed by atoms with Crippen molar-refractivity contribution in [3.63, 3.8) is 0 Å². The monoisotopic (exact) mass is 197 g/mol. The molecule has 6 heteroatoms. The summed E-state index contributed by atoms with van der Waals surface area (Å²) in [4.78, 5) is 14.1. The van der Waals surface area contributed by atoms with Crippen molar-refractivity contribution >= 4 is 11.8 Å². The first-order valence-electron chi connectivity index (χ1n) is 3.93. The van der Waals surface area contributed by atoms with E-state index in [1.54, 1.807) is 12.1 Å². The Bertz CT molecular complexity index is 329. The molecule has 76 valence electrons. The lowest BCUT2D eigenvalue weighted by Gasteiger charge is -2.09. The first-order valence-corrected chi connectivity index (χ1v) is 3.93. The molecule has 0 radical (unpaired) electrons. The quantitative estimate of drug-likeness (QED) is 0.597. The van der Waals surface area contributed by atoms with Crippen LogP contribution in [0, 0.1) is 0 Å². The van der Waals surface area contributed by atoms with Crippen LogP contribution >= 0.6 is 0 Å². The number of anilines is 1. The Kier molecular flexibility index (Phi) is 3.24. The van der Waals surface area contributed by atoms with Gasteiger partial charge >= 0.3 is 5.97 Å². The molecule has 0 aliphatic heterocycles. The molecule has 5 N–H and O–H groups in total. The Morgan fingerprint density at radius 1 is 1.71 bits per heavy atom. The minimum atomic E-state index is -1.12. The van der Waals surface area contributed by atoms with Crippen LogP contribution in [-0.4, -0.2) is 28.7 Å². The summed E-state index contributed by atoms with van der Waals surface area (Å²) in [5, 5.41) is 8.48. The summed E-state index contributed by atoms with van der Waals surface area (Å²) in [5.41, 5.74) is 10.7. The van der Waals surface area contributed by atoms with Crippen LogP contribution in [0.15, 0.2) is 18.3 Å². The smallest absolute Gasteiger partial charge is 0.324 e. The highest BCUT2D eigenvalue weighted by atomic mass is 16.5. The molecule has 1 heterocycles. The third-order valence-electron chi connectivity index (χ3n) is 1.54. The number of pyridine rings is 1. The zero-order chi connectivity index (χ0) is 10.6. The first-order chi connectivity index (χ1) is 6.61. The van der Waals surface area contributed by atoms with E-state index in [0.717, 1.165) is 0 Å². The van der Waals surface area contributed by atoms with Crippen LogP contribution in [0.2, 0.25) is 0 Å². The third kappa shape index (κ3) is 2.60. The summed E-state index contributed by atoms with van der Waals surface area (Å²) < 4.78 is 5.07. The molecule has 0 saturated carbocycles. The number of hydrogen-bond donors (Lipinski definition) is 3. The number of nitrogens with zero attached hydrogens (tertiary/aromatic N) is 1. The van der Waals surface area contributed by atoms with Gasteiger partial charge in [0, 0.05) is 6.20 Å². The molecule has 1 rings (SSSR count). The van der Waals surface area contributed by atoms with E-state index in [9.17, 15) is 4.79 Å². The summed E-state index contributed by atoms with van der Waals surface area (Å²) >= 11 is 0. The summed E-state index contributed by atoms with van der Waals surface area (Å²) in [6.45, 7) is -0.134. The van der Waals surface area contributed by atoms with Crippen molar-refractivity contribution in [2.24, 2.45) is 5.73 Å². The number of carbonyl (C=O) groups is 1. The van der Waals surface area contributed by atoms with Crippen molar-refractivity contribution in [1.29, 1.82) is 0 Å². The number of carboxylic acids is 1. The number of ether oxygens (including phenoxy) is 1. The fraction of sp³-hybridized carbons (Fsp3) is 0.250. The van der Waals surface area contributed by atoms with Gasteiger partial charge in [-0.3, -0.25) is 4.79 Å². The Hall–Kier alpha value is -1.82. The van der Waals surface area contributed by atoms with Gasteiger partial charge in [0.2, 0.25) is 0 Å². The van der Waals surface area contributed by atoms with E-state index in [4.69, 9.17) is 21.3 Å². The van der Waals surface area contributed by atoms with E-state index >= 15 is 0 Å². The molecular formula is C8H11N3O3. The average molecular weight is 197 g/mol. The van der Waals surface area contributed by atoms with E-state index in [0.29, 0.717) is 5.75 Å². The molecule has 0 amide bonds. The minimum Gasteiger partial charge on any atom is -0.487 e. The predicted molar refractivity (Wildman–Crippen MR) is 49.8 cm³/mol. The second kappa shape index (κ2) is 4.43. The van der Waals surface area contributed by atoms with Crippen molar-refractivity contribution in [2.45, 2.75) is 6.04 Å². The van der Waals surface area contributed by atoms with E-state index in [1.807, 2.05) is 0 Å². The van der Waals surface area contributed by atoms with E-state index in [2.05, 4.69) is 4.98 Å². The highest BCUT2D eigenvalue weighted by molar-refractivity contribution is 5.73. The predicted octanol–water partition coefficient (Wildman–Crippen LogP) is -0.546. The maximum atomic E-state index is 10.4. The van der Waals surface area contributed by atoms with Gasteiger partial charge in [-0.1, -0.05) is 0 Å². The van der Waals surface area contributed by atoms with Crippen LogP contribution in [0.1, 0.15) is 0 Å². The lowest BCUT2D eigenvalue weighted by molar-refractivity contribution is -0.139. The summed E-state index contributed by atoms with van der Waals surface area (Å²) in [7, 11) is 0. The molecule has 6 nitrogen and oxygen atoms in total. The van der Waals surface area contributed by atoms with Crippen molar-refractivity contribution in [3.8, 4) is 5.75 Å². The number of hydrogen-bond acceptors (Lipinski definition) is 5. The molecule has 0 bridgehead atoms. The van der Waals surface area contributed by atoms with Gasteiger partial charge in [-0.15, -0.1) is 0 Å². The first kappa shape index (κ1) is 10.3. The van der Waals surface area contributed by atoms with Crippen LogP contribution in [0.25, 0.3) is 0 Å². The van der Waals surface area contributed by atoms with Crippen LogP contribution in [0.4, 0.5) is 5.82 Å². The van der Waals surface area contributed by atoms with Gasteiger partial charge in [0.25, 0.3) is 0 Å². The Balaban J connectivity index is 2.54. The molecule has 0 unspecified atom stereocenters. The topological polar surface area (TPSA) is 111 Å². The fourth-order valence-electron chi connectivity index (χ4n) is 0.776. The molecule has 0 spiro atoms. The summed E-state index contributed by atoms with van der Waals surface area (Å²) in [6.07, 6.45) is 1.51. The van der Waals surface area contributed by atoms with E-state index in [-0.39, 0.29) is 12.4 Å². The molecule has 1 aromatic rings. The molecular weight excluding hydrogens is 186 g/mol. The molecule has 0 aliphatic rings. The van der Waals surface area contributed by atoms with Gasteiger partial charge in [-0.05, 0) is 12.1 Å². The average Bonchev–Trinajstić information content (AvgIpc) is 2.16. The molecule has 0 aromatic carbocycles. The number of carboxylic acid groups (broad SMARTS) is 1. The van der Waals surface area contributed by atoms with Crippen molar-refractivity contribution in [3.05, 3.63) is 18.3 Å². The number of aromatic nitrogens is 1. The van der Waals surface area contributed by atoms with Crippen molar-refractivity contribution in [1.82, 2.24) is 4.98 Å². The molecule has 0 saturated heterocycles. The number of nitrogens with two attached hydrogens (primary N) is 2. The van der Waals surface area contributed by atoms with Crippen molar-refractivity contribution < 1.29 is 14.6 Å². The normalized spacial score (nSPS) is 12.1. The number of aliphatic carboxylic acids is 1. The van der Waals surface area contributed by atoms with Gasteiger partial charge in [0.1, 0.15) is 12.6 Å². The van der Waals surface area contributed by atoms with Crippen LogP contribution in [0.3, 0.4) is 0 Å². The van der Waals surface area contributed by atoms with Crippen LogP contribution < -0.4 is 16.2 Å². The summed E-state index contributed by atoms with van der Waals surface area (Å²) in [6, 6.07) is 2.17. The Labute approximate surface area is 80.5 Å². The van der Waals surface area contributed by atoms with E-state index < -0.39 is 12.0 Å². The third-order valence-corrected chi connectivity index (χ3v) is 1.54. The molecule has 14 heavy (non-hydrogen) atoms. The Morgan fingerprint density at radius 3 is 3.00 bits per heavy atom. The Morgan fingerprint density at radius 2 is 2.43 bits per heavy atom. The lowest BCUT2D eigenvalue weighted by Crippen LogP contribution is -2.36. The zero-order valence-corrected chi connectivity index (χ0v) is 7.38. The number of nitrogen functional groups attached to an aromatic ring is 1. The summed E-state index contributed by atoms with van der Waals surface area (Å²) in [5.74, 6) is -0.568. The van der Waals surface area contributed by atoms with Crippen LogP contribution in [-0.2, 0) is 4.79 Å². The molecule has 1 aromatic heterocycles. The lowest BCUT2D eigenvalue weighted by atomic mass is 10.3. The molecule has 0 fully saturated rings. The van der Waals surface area contributed by atoms with Gasteiger partial charge in [-0.25, -0.2) is 4.98 Å². The molecule has 0 aliphatic carbocycles. The van der Waals surface area contributed by atoms with Gasteiger partial charge in [0.15, 0.2) is 11.6 Å². The highest BCUT2D eigenvalue weighted by Crippen LogP contribution is 2.16. The standard InChI is InChI=1S/C8H11N3O3/c9-5(8(12)13)4-14-6-2-1-3-11-7(6)10/h1-3,5H,4,9H2,(H2,10,11)(H,12,13)/t5-/m0/s1. The van der Waals surface area contributed by atoms with E-state index in [1.165, 1.54) is 6.20 Å². The maximum Gasteiger partial charge on any atom is 0.324 e.